The van der Waals surface area contributed by atoms with Crippen molar-refractivity contribution in [1.82, 2.24) is 9.80 Å². The number of rotatable bonds is 6. The predicted octanol–water partition coefficient (Wildman–Crippen LogP) is -1.85. The first-order valence-electron chi connectivity index (χ1n) is 6.00. The molecule has 1 saturated heterocycles. The van der Waals surface area contributed by atoms with E-state index in [0.717, 1.165) is 17.7 Å². The summed E-state index contributed by atoms with van der Waals surface area (Å²) in [5.41, 5.74) is 5.04. The van der Waals surface area contributed by atoms with Gasteiger partial charge in [0.2, 0.25) is 17.7 Å². The maximum absolute atomic E-state index is 12.1. The summed E-state index contributed by atoms with van der Waals surface area (Å²) in [7, 11) is 0. The van der Waals surface area contributed by atoms with E-state index in [1.807, 2.05) is 0 Å². The lowest BCUT2D eigenvalue weighted by molar-refractivity contribution is -0.141. The summed E-state index contributed by atoms with van der Waals surface area (Å²) in [4.78, 5) is 47.9. The first-order valence-corrected chi connectivity index (χ1v) is 6.00. The Bertz CT molecular complexity index is 430. The van der Waals surface area contributed by atoms with Crippen molar-refractivity contribution in [3.05, 3.63) is 0 Å². The Morgan fingerprint density at radius 2 is 1.95 bits per heavy atom. The maximum atomic E-state index is 12.1. The number of imide groups is 1. The molecule has 0 aromatic rings. The van der Waals surface area contributed by atoms with E-state index in [9.17, 15) is 19.2 Å². The number of carbonyl (C=O) groups excluding carboxylic acids is 3. The van der Waals surface area contributed by atoms with Crippen LogP contribution < -0.4 is 5.73 Å². The molecule has 8 nitrogen and oxygen atoms in total. The molecule has 1 aliphatic carbocycles. The van der Waals surface area contributed by atoms with Crippen LogP contribution in [0.25, 0.3) is 0 Å². The molecule has 0 aromatic carbocycles. The second-order valence-corrected chi connectivity index (χ2v) is 4.82. The molecule has 3 amide bonds. The van der Waals surface area contributed by atoms with E-state index < -0.39 is 30.4 Å². The van der Waals surface area contributed by atoms with Gasteiger partial charge in [-0.2, -0.15) is 0 Å². The Kier molecular flexibility index (Phi) is 3.52. The third-order valence-electron chi connectivity index (χ3n) is 3.21. The van der Waals surface area contributed by atoms with Crippen LogP contribution >= 0.6 is 0 Å². The SMILES string of the molecule is NC(=O)CN(CC(=O)O)C1CC(=O)N(C2CC2)C1=O. The summed E-state index contributed by atoms with van der Waals surface area (Å²) in [6.45, 7) is -0.848. The van der Waals surface area contributed by atoms with E-state index in [-0.39, 0.29) is 24.9 Å². The van der Waals surface area contributed by atoms with Crippen LogP contribution in [0.2, 0.25) is 0 Å². The van der Waals surface area contributed by atoms with Crippen molar-refractivity contribution in [2.24, 2.45) is 5.73 Å². The second kappa shape index (κ2) is 4.96. The number of carbonyl (C=O) groups is 4. The standard InChI is InChI=1S/C11H15N3O5/c12-8(15)4-13(5-10(17)18)7-3-9(16)14(11(7)19)6-1-2-6/h6-7H,1-5H2,(H2,12,15)(H,17,18). The van der Waals surface area contributed by atoms with E-state index in [2.05, 4.69) is 0 Å². The Morgan fingerprint density at radius 1 is 1.32 bits per heavy atom. The third-order valence-corrected chi connectivity index (χ3v) is 3.21. The zero-order valence-electron chi connectivity index (χ0n) is 10.2. The van der Waals surface area contributed by atoms with Gasteiger partial charge < -0.3 is 10.8 Å². The van der Waals surface area contributed by atoms with Crippen LogP contribution in [-0.4, -0.2) is 63.8 Å². The largest absolute Gasteiger partial charge is 0.480 e. The van der Waals surface area contributed by atoms with Crippen LogP contribution in [0.4, 0.5) is 0 Å². The highest BCUT2D eigenvalue weighted by molar-refractivity contribution is 6.06. The molecule has 0 spiro atoms. The second-order valence-electron chi connectivity index (χ2n) is 4.82. The molecule has 1 unspecified atom stereocenters. The van der Waals surface area contributed by atoms with Crippen LogP contribution in [0.5, 0.6) is 0 Å². The molecule has 2 fully saturated rings. The summed E-state index contributed by atoms with van der Waals surface area (Å²) in [6.07, 6.45) is 1.49. The minimum absolute atomic E-state index is 0.0507. The third kappa shape index (κ3) is 2.90. The quantitative estimate of drug-likeness (QED) is 0.546. The number of carboxylic acids is 1. The highest BCUT2D eigenvalue weighted by atomic mass is 16.4. The monoisotopic (exact) mass is 269 g/mol. The van der Waals surface area contributed by atoms with Crippen molar-refractivity contribution in [1.29, 1.82) is 0 Å². The first-order chi connectivity index (χ1) is 8.90. The lowest BCUT2D eigenvalue weighted by atomic mass is 10.2. The normalized spacial score (nSPS) is 23.2. The van der Waals surface area contributed by atoms with Crippen LogP contribution in [0.3, 0.4) is 0 Å². The fraction of sp³-hybridized carbons (Fsp3) is 0.636. The van der Waals surface area contributed by atoms with E-state index in [1.54, 1.807) is 0 Å². The highest BCUT2D eigenvalue weighted by Crippen LogP contribution is 2.32. The number of carboxylic acid groups (broad SMARTS) is 1. The maximum Gasteiger partial charge on any atom is 0.317 e. The van der Waals surface area contributed by atoms with Gasteiger partial charge in [0.15, 0.2) is 0 Å². The molecule has 1 heterocycles. The van der Waals surface area contributed by atoms with Crippen LogP contribution in [-0.2, 0) is 19.2 Å². The van der Waals surface area contributed by atoms with Crippen molar-refractivity contribution in [2.75, 3.05) is 13.1 Å². The smallest absolute Gasteiger partial charge is 0.317 e. The van der Waals surface area contributed by atoms with Gasteiger partial charge in [0, 0.05) is 6.04 Å². The van der Waals surface area contributed by atoms with Gasteiger partial charge in [-0.15, -0.1) is 0 Å². The molecule has 8 heteroatoms. The van der Waals surface area contributed by atoms with E-state index in [0.29, 0.717) is 0 Å². The average molecular weight is 269 g/mol. The van der Waals surface area contributed by atoms with Crippen LogP contribution in [0.15, 0.2) is 0 Å². The van der Waals surface area contributed by atoms with Gasteiger partial charge in [0.1, 0.15) is 0 Å². The fourth-order valence-corrected chi connectivity index (χ4v) is 2.29. The number of hydrogen-bond donors (Lipinski definition) is 2. The van der Waals surface area contributed by atoms with Gasteiger partial charge in [-0.05, 0) is 12.8 Å². The Labute approximate surface area is 109 Å². The molecule has 1 atom stereocenters. The molecule has 3 N–H and O–H groups in total. The highest BCUT2D eigenvalue weighted by Gasteiger charge is 2.48. The molecule has 0 bridgehead atoms. The number of primary amides is 1. The number of likely N-dealkylation sites (tertiary alicyclic amines) is 1. The van der Waals surface area contributed by atoms with Gasteiger partial charge in [-0.25, -0.2) is 0 Å². The fourth-order valence-electron chi connectivity index (χ4n) is 2.29. The Hall–Kier alpha value is -1.96. The molecule has 0 radical (unpaired) electrons. The number of nitrogens with two attached hydrogens (primary N) is 1. The van der Waals surface area contributed by atoms with Crippen molar-refractivity contribution >= 4 is 23.7 Å². The van der Waals surface area contributed by atoms with Crippen molar-refractivity contribution in [3.63, 3.8) is 0 Å². The van der Waals surface area contributed by atoms with Gasteiger partial charge in [-0.3, -0.25) is 29.0 Å². The molecular weight excluding hydrogens is 254 g/mol. The zero-order chi connectivity index (χ0) is 14.2. The number of amides is 3. The molecule has 1 saturated carbocycles. The Balaban J connectivity index is 2.12. The zero-order valence-corrected chi connectivity index (χ0v) is 10.2. The van der Waals surface area contributed by atoms with Crippen molar-refractivity contribution in [3.8, 4) is 0 Å². The van der Waals surface area contributed by atoms with Crippen LogP contribution in [0, 0.1) is 0 Å². The van der Waals surface area contributed by atoms with Crippen LogP contribution in [0.1, 0.15) is 19.3 Å². The topological polar surface area (TPSA) is 121 Å². The molecule has 104 valence electrons. The van der Waals surface area contributed by atoms with Gasteiger partial charge in [-0.1, -0.05) is 0 Å². The summed E-state index contributed by atoms with van der Waals surface area (Å²) in [5.74, 6) is -2.63. The molecular formula is C11H15N3O5. The minimum Gasteiger partial charge on any atom is -0.480 e. The van der Waals surface area contributed by atoms with Crippen molar-refractivity contribution < 1.29 is 24.3 Å². The van der Waals surface area contributed by atoms with E-state index in [4.69, 9.17) is 10.8 Å². The first kappa shape index (κ1) is 13.5. The van der Waals surface area contributed by atoms with Gasteiger partial charge in [0.25, 0.3) is 0 Å². The lowest BCUT2D eigenvalue weighted by Crippen LogP contribution is -2.48. The van der Waals surface area contributed by atoms with Gasteiger partial charge in [0.05, 0.1) is 25.6 Å². The lowest BCUT2D eigenvalue weighted by Gasteiger charge is -2.24. The predicted molar refractivity (Wildman–Crippen MR) is 61.7 cm³/mol. The Morgan fingerprint density at radius 3 is 2.42 bits per heavy atom. The summed E-state index contributed by atoms with van der Waals surface area (Å²) < 4.78 is 0. The molecule has 2 aliphatic rings. The minimum atomic E-state index is -1.17. The van der Waals surface area contributed by atoms with E-state index >= 15 is 0 Å². The number of aliphatic carboxylic acids is 1. The summed E-state index contributed by atoms with van der Waals surface area (Å²) in [6, 6.07) is -0.943. The summed E-state index contributed by atoms with van der Waals surface area (Å²) in [5, 5.41) is 8.79. The molecule has 2 rings (SSSR count). The molecule has 1 aliphatic heterocycles. The number of hydrogen-bond acceptors (Lipinski definition) is 5. The average Bonchev–Trinajstić information content (AvgIpc) is 3.04. The van der Waals surface area contributed by atoms with Gasteiger partial charge >= 0.3 is 5.97 Å². The van der Waals surface area contributed by atoms with E-state index in [1.165, 1.54) is 4.90 Å². The summed E-state index contributed by atoms with van der Waals surface area (Å²) >= 11 is 0. The number of nitrogens with zero attached hydrogens (tertiary/aromatic N) is 2. The molecule has 19 heavy (non-hydrogen) atoms. The molecule has 0 aromatic heterocycles. The van der Waals surface area contributed by atoms with Crippen molar-refractivity contribution in [2.45, 2.75) is 31.3 Å².